The van der Waals surface area contributed by atoms with Gasteiger partial charge in [0.05, 0.1) is 0 Å². The summed E-state index contributed by atoms with van der Waals surface area (Å²) in [7, 11) is 0. The van der Waals surface area contributed by atoms with Crippen molar-refractivity contribution in [1.29, 1.82) is 0 Å². The molecule has 1 heterocycles. The third-order valence-electron chi connectivity index (χ3n) is 8.53. The van der Waals surface area contributed by atoms with E-state index < -0.39 is 24.0 Å². The van der Waals surface area contributed by atoms with Gasteiger partial charge in [-0.15, -0.1) is 0 Å². The maximum atomic E-state index is 13.2. The first-order valence-corrected chi connectivity index (χ1v) is 16.7. The lowest BCUT2D eigenvalue weighted by Gasteiger charge is -2.25. The molecule has 0 aliphatic heterocycles. The Morgan fingerprint density at radius 2 is 1.33 bits per heavy atom. The van der Waals surface area contributed by atoms with Crippen molar-refractivity contribution in [2.75, 3.05) is 0 Å². The van der Waals surface area contributed by atoms with Crippen molar-refractivity contribution in [2.45, 2.75) is 148 Å². The number of aliphatic carboxylic acids is 1. The highest BCUT2D eigenvalue weighted by Gasteiger charge is 2.30. The van der Waals surface area contributed by atoms with Gasteiger partial charge >= 0.3 is 5.97 Å². The molecule has 3 atom stereocenters. The zero-order valence-corrected chi connectivity index (χ0v) is 26.5. The average Bonchev–Trinajstić information content (AvgIpc) is 3.39. The molecule has 2 aromatic rings. The van der Waals surface area contributed by atoms with Crippen LogP contribution in [0.3, 0.4) is 0 Å². The Kier molecular flexibility index (Phi) is 17.6. The second-order valence-corrected chi connectivity index (χ2v) is 12.1. The van der Waals surface area contributed by atoms with Gasteiger partial charge in [0, 0.05) is 29.9 Å². The maximum Gasteiger partial charge on any atom is 0.326 e. The quantitative estimate of drug-likeness (QED) is 0.0936. The van der Waals surface area contributed by atoms with Gasteiger partial charge in [0.15, 0.2) is 0 Å². The van der Waals surface area contributed by atoms with Crippen molar-refractivity contribution >= 4 is 28.7 Å². The van der Waals surface area contributed by atoms with Gasteiger partial charge in [-0.1, -0.05) is 135 Å². The number of fused-ring (bicyclic) bond motifs is 1. The number of carbonyl (C=O) groups excluding carboxylic acids is 2. The number of aromatic nitrogens is 1. The number of benzene rings is 1. The van der Waals surface area contributed by atoms with E-state index in [-0.39, 0.29) is 18.2 Å². The highest BCUT2D eigenvalue weighted by molar-refractivity contribution is 5.91. The van der Waals surface area contributed by atoms with Crippen LogP contribution < -0.4 is 10.6 Å². The largest absolute Gasteiger partial charge is 0.480 e. The van der Waals surface area contributed by atoms with Crippen LogP contribution in [0.1, 0.15) is 135 Å². The van der Waals surface area contributed by atoms with Crippen LogP contribution in [0.25, 0.3) is 10.9 Å². The zero-order valence-electron chi connectivity index (χ0n) is 26.5. The molecule has 0 radical (unpaired) electrons. The van der Waals surface area contributed by atoms with Gasteiger partial charge in [-0.25, -0.2) is 4.79 Å². The predicted octanol–water partition coefficient (Wildman–Crippen LogP) is 8.07. The van der Waals surface area contributed by atoms with Crippen molar-refractivity contribution in [3.05, 3.63) is 36.0 Å². The van der Waals surface area contributed by atoms with Crippen LogP contribution in [0.15, 0.2) is 30.5 Å². The van der Waals surface area contributed by atoms with Gasteiger partial charge in [0.2, 0.25) is 11.8 Å². The maximum absolute atomic E-state index is 13.2. The minimum atomic E-state index is -1.10. The summed E-state index contributed by atoms with van der Waals surface area (Å²) >= 11 is 0. The summed E-state index contributed by atoms with van der Waals surface area (Å²) in [5.74, 6) is -1.80. The Morgan fingerprint density at radius 1 is 0.786 bits per heavy atom. The lowest BCUT2D eigenvalue weighted by atomic mass is 9.97. The van der Waals surface area contributed by atoms with Crippen LogP contribution in [-0.4, -0.2) is 40.0 Å². The molecule has 0 saturated heterocycles. The van der Waals surface area contributed by atoms with E-state index in [0.29, 0.717) is 12.8 Å². The van der Waals surface area contributed by atoms with Crippen molar-refractivity contribution < 1.29 is 19.5 Å². The van der Waals surface area contributed by atoms with Crippen LogP contribution >= 0.6 is 0 Å². The molecule has 0 aliphatic rings. The SMILES string of the molecule is CCCCCCCCCCCCCCCCCC(=O)N[C@H](C(=O)N[C@@H](Cc1c[nH]c2ccccc12)C(=O)O)[C@@H](C)CC. The molecule has 0 fully saturated rings. The fourth-order valence-corrected chi connectivity index (χ4v) is 5.59. The molecule has 0 saturated carbocycles. The second-order valence-electron chi connectivity index (χ2n) is 12.1. The highest BCUT2D eigenvalue weighted by Crippen LogP contribution is 2.20. The summed E-state index contributed by atoms with van der Waals surface area (Å²) in [6.45, 7) is 6.14. The predicted molar refractivity (Wildman–Crippen MR) is 173 cm³/mol. The van der Waals surface area contributed by atoms with E-state index in [0.717, 1.165) is 35.7 Å². The molecule has 0 aliphatic carbocycles. The topological polar surface area (TPSA) is 111 Å². The second kappa shape index (κ2) is 21.0. The number of nitrogens with one attached hydrogen (secondary N) is 3. The Balaban J connectivity index is 1.66. The van der Waals surface area contributed by atoms with Gasteiger partial charge in [-0.2, -0.15) is 0 Å². The van der Waals surface area contributed by atoms with E-state index >= 15 is 0 Å². The molecule has 4 N–H and O–H groups in total. The van der Waals surface area contributed by atoms with E-state index in [1.165, 1.54) is 77.0 Å². The van der Waals surface area contributed by atoms with Crippen LogP contribution in [-0.2, 0) is 20.8 Å². The number of carbonyl (C=O) groups is 3. The summed E-state index contributed by atoms with van der Waals surface area (Å²) in [5.41, 5.74) is 1.75. The molecule has 0 spiro atoms. The molecule has 1 aromatic heterocycles. The van der Waals surface area contributed by atoms with E-state index in [1.54, 1.807) is 6.20 Å². The molecule has 7 heteroatoms. The third kappa shape index (κ3) is 13.4. The van der Waals surface area contributed by atoms with Gasteiger partial charge in [0.25, 0.3) is 0 Å². The summed E-state index contributed by atoms with van der Waals surface area (Å²) in [4.78, 5) is 41.1. The monoisotopic (exact) mass is 583 g/mol. The number of H-pyrrole nitrogens is 1. The Bertz CT molecular complexity index is 1050. The van der Waals surface area contributed by atoms with Crippen molar-refractivity contribution in [2.24, 2.45) is 5.92 Å². The molecule has 236 valence electrons. The minimum Gasteiger partial charge on any atom is -0.480 e. The standard InChI is InChI=1S/C35H57N3O4/c1-4-6-7-8-9-10-11-12-13-14-15-16-17-18-19-24-32(39)38-33(27(3)5-2)34(40)37-31(35(41)42)25-28-26-36-30-23-21-20-22-29(28)30/h20-23,26-27,31,33,36H,4-19,24-25H2,1-3H3,(H,37,40)(H,38,39)(H,41,42)/t27-,31-,33-/m0/s1. The summed E-state index contributed by atoms with van der Waals surface area (Å²) in [5, 5.41) is 16.4. The molecule has 0 bridgehead atoms. The first kappa shape index (κ1) is 35.4. The Hall–Kier alpha value is -2.83. The highest BCUT2D eigenvalue weighted by atomic mass is 16.4. The van der Waals surface area contributed by atoms with Gasteiger partial charge in [0.1, 0.15) is 12.1 Å². The molecule has 2 rings (SSSR count). The van der Waals surface area contributed by atoms with E-state index in [4.69, 9.17) is 0 Å². The lowest BCUT2D eigenvalue weighted by Crippen LogP contribution is -2.54. The minimum absolute atomic E-state index is 0.113. The van der Waals surface area contributed by atoms with Crippen molar-refractivity contribution in [3.63, 3.8) is 0 Å². The molecule has 2 amide bonds. The van der Waals surface area contributed by atoms with Gasteiger partial charge in [-0.3, -0.25) is 9.59 Å². The Labute approximate surface area is 254 Å². The van der Waals surface area contributed by atoms with Crippen LogP contribution in [0, 0.1) is 5.92 Å². The van der Waals surface area contributed by atoms with E-state index in [9.17, 15) is 19.5 Å². The van der Waals surface area contributed by atoms with Crippen LogP contribution in [0.5, 0.6) is 0 Å². The Morgan fingerprint density at radius 3 is 1.88 bits per heavy atom. The summed E-state index contributed by atoms with van der Waals surface area (Å²) in [6, 6.07) is 5.83. The van der Waals surface area contributed by atoms with Gasteiger partial charge in [-0.05, 0) is 24.0 Å². The number of para-hydroxylation sites is 1. The van der Waals surface area contributed by atoms with E-state index in [1.807, 2.05) is 38.1 Å². The number of carboxylic acid groups (broad SMARTS) is 1. The number of rotatable bonds is 24. The smallest absolute Gasteiger partial charge is 0.326 e. The molecule has 0 unspecified atom stereocenters. The number of hydrogen-bond acceptors (Lipinski definition) is 3. The first-order valence-electron chi connectivity index (χ1n) is 16.7. The van der Waals surface area contributed by atoms with Crippen LogP contribution in [0.2, 0.25) is 0 Å². The zero-order chi connectivity index (χ0) is 30.6. The molecular weight excluding hydrogens is 526 g/mol. The number of hydrogen-bond donors (Lipinski definition) is 4. The third-order valence-corrected chi connectivity index (χ3v) is 8.53. The molecule has 42 heavy (non-hydrogen) atoms. The number of amides is 2. The molecule has 7 nitrogen and oxygen atoms in total. The summed E-state index contributed by atoms with van der Waals surface area (Å²) in [6.07, 6.45) is 22.1. The molecule has 1 aromatic carbocycles. The molecular formula is C35H57N3O4. The summed E-state index contributed by atoms with van der Waals surface area (Å²) < 4.78 is 0. The van der Waals surface area contributed by atoms with E-state index in [2.05, 4.69) is 22.5 Å². The van der Waals surface area contributed by atoms with Crippen LogP contribution in [0.4, 0.5) is 0 Å². The normalized spacial score (nSPS) is 13.5. The number of carboxylic acids is 1. The number of unbranched alkanes of at least 4 members (excludes halogenated alkanes) is 14. The first-order chi connectivity index (χ1) is 20.4. The fraction of sp³-hybridized carbons (Fsp3) is 0.686. The number of aromatic amines is 1. The van der Waals surface area contributed by atoms with Crippen molar-refractivity contribution in [1.82, 2.24) is 15.6 Å². The fourth-order valence-electron chi connectivity index (χ4n) is 5.59. The lowest BCUT2D eigenvalue weighted by molar-refractivity contribution is -0.142. The van der Waals surface area contributed by atoms with Crippen molar-refractivity contribution in [3.8, 4) is 0 Å². The average molecular weight is 584 g/mol. The van der Waals surface area contributed by atoms with Gasteiger partial charge < -0.3 is 20.7 Å².